The summed E-state index contributed by atoms with van der Waals surface area (Å²) < 4.78 is 5.72. The van der Waals surface area contributed by atoms with Gasteiger partial charge in [0.25, 0.3) is 5.24 Å². The topological polar surface area (TPSA) is 88.5 Å². The minimum atomic E-state index is -0.516. The molecule has 3 rings (SSSR count). The lowest BCUT2D eigenvalue weighted by Crippen LogP contribution is -2.25. The average molecular weight is 409 g/mol. The molecule has 0 spiro atoms. The van der Waals surface area contributed by atoms with E-state index in [-0.39, 0.29) is 28.8 Å². The normalized spacial score (nSPS) is 17.2. The Morgan fingerprint density at radius 3 is 2.52 bits per heavy atom. The van der Waals surface area contributed by atoms with Crippen LogP contribution in [-0.4, -0.2) is 33.1 Å². The number of nitrogens with zero attached hydrogens (tertiary/aromatic N) is 1. The number of aliphatic hydroxyl groups is 1. The molecule has 2 aromatic rings. The van der Waals surface area contributed by atoms with Crippen molar-refractivity contribution in [3.8, 4) is 5.75 Å². The first kappa shape index (κ1) is 21.2. The Kier molecular flexibility index (Phi) is 7.65. The molecule has 1 aromatic heterocycles. The van der Waals surface area contributed by atoms with Gasteiger partial charge in [-0.25, -0.2) is 0 Å². The average Bonchev–Trinajstić information content (AvgIpc) is 2.94. The zero-order valence-electron chi connectivity index (χ0n) is 14.8. The summed E-state index contributed by atoms with van der Waals surface area (Å²) in [5.74, 6) is 0.517. The first-order chi connectivity index (χ1) is 12.5. The number of amides is 2. The molecule has 6 nitrogen and oxygen atoms in total. The van der Waals surface area contributed by atoms with Gasteiger partial charge in [-0.2, -0.15) is 0 Å². The molecule has 0 aliphatic carbocycles. The summed E-state index contributed by atoms with van der Waals surface area (Å²) in [5.41, 5.74) is 2.68. The number of thioether (sulfide) groups is 1. The summed E-state index contributed by atoms with van der Waals surface area (Å²) in [6, 6.07) is 11.3. The summed E-state index contributed by atoms with van der Waals surface area (Å²) in [6.45, 7) is 2.20. The largest absolute Gasteiger partial charge is 0.493 e. The SMILES string of the molecule is CC(O)c1ccc(CCOc2ccc(CC3SC(=O)NC3=O)cc2)nc1.Cl. The van der Waals surface area contributed by atoms with Crippen LogP contribution >= 0.6 is 24.2 Å². The molecule has 1 fully saturated rings. The molecule has 0 bridgehead atoms. The van der Waals surface area contributed by atoms with Gasteiger partial charge in [0.1, 0.15) is 5.75 Å². The maximum atomic E-state index is 11.6. The monoisotopic (exact) mass is 408 g/mol. The van der Waals surface area contributed by atoms with Crippen LogP contribution in [0.4, 0.5) is 4.79 Å². The van der Waals surface area contributed by atoms with Gasteiger partial charge in [0, 0.05) is 18.3 Å². The van der Waals surface area contributed by atoms with Gasteiger partial charge in [0.05, 0.1) is 18.0 Å². The molecule has 2 atom stereocenters. The van der Waals surface area contributed by atoms with E-state index in [0.29, 0.717) is 19.4 Å². The van der Waals surface area contributed by atoms with Gasteiger partial charge in [0.15, 0.2) is 0 Å². The van der Waals surface area contributed by atoms with Crippen molar-refractivity contribution in [1.29, 1.82) is 0 Å². The van der Waals surface area contributed by atoms with Crippen LogP contribution in [0.5, 0.6) is 5.75 Å². The Labute approximate surface area is 168 Å². The number of benzene rings is 1. The molecule has 2 unspecified atom stereocenters. The van der Waals surface area contributed by atoms with Crippen LogP contribution in [0.1, 0.15) is 29.8 Å². The second-order valence-electron chi connectivity index (χ2n) is 6.09. The molecule has 27 heavy (non-hydrogen) atoms. The minimum absolute atomic E-state index is 0. The Hall–Kier alpha value is -2.09. The Morgan fingerprint density at radius 2 is 1.96 bits per heavy atom. The quantitative estimate of drug-likeness (QED) is 0.731. The summed E-state index contributed by atoms with van der Waals surface area (Å²) in [5, 5.41) is 11.1. The number of halogens is 1. The van der Waals surface area contributed by atoms with Gasteiger partial charge in [-0.1, -0.05) is 30.0 Å². The maximum absolute atomic E-state index is 11.6. The highest BCUT2D eigenvalue weighted by molar-refractivity contribution is 8.15. The van der Waals surface area contributed by atoms with Crippen molar-refractivity contribution in [3.63, 3.8) is 0 Å². The van der Waals surface area contributed by atoms with Gasteiger partial charge in [-0.05, 0) is 42.7 Å². The molecule has 2 amide bonds. The molecular weight excluding hydrogens is 388 g/mol. The Balaban J connectivity index is 0.00000261. The summed E-state index contributed by atoms with van der Waals surface area (Å²) in [4.78, 5) is 27.1. The first-order valence-corrected chi connectivity index (χ1v) is 9.25. The van der Waals surface area contributed by atoms with Crippen LogP contribution in [0.2, 0.25) is 0 Å². The molecule has 1 saturated heterocycles. The lowest BCUT2D eigenvalue weighted by atomic mass is 10.1. The van der Waals surface area contributed by atoms with Crippen LogP contribution < -0.4 is 10.1 Å². The maximum Gasteiger partial charge on any atom is 0.286 e. The van der Waals surface area contributed by atoms with Crippen LogP contribution in [-0.2, 0) is 17.6 Å². The fourth-order valence-corrected chi connectivity index (χ4v) is 3.43. The molecule has 144 valence electrons. The number of aliphatic hydroxyl groups excluding tert-OH is 1. The number of imide groups is 1. The number of carbonyl (C=O) groups excluding carboxylic acids is 2. The molecular formula is C19H21ClN2O4S. The van der Waals surface area contributed by atoms with Crippen molar-refractivity contribution in [2.45, 2.75) is 31.1 Å². The Bertz CT molecular complexity index is 781. The molecule has 1 aromatic carbocycles. The van der Waals surface area contributed by atoms with Crippen molar-refractivity contribution in [3.05, 3.63) is 59.4 Å². The van der Waals surface area contributed by atoms with E-state index >= 15 is 0 Å². The van der Waals surface area contributed by atoms with Crippen molar-refractivity contribution in [2.75, 3.05) is 6.61 Å². The molecule has 0 saturated carbocycles. The zero-order chi connectivity index (χ0) is 18.5. The number of ether oxygens (including phenoxy) is 1. The highest BCUT2D eigenvalue weighted by Gasteiger charge is 2.31. The van der Waals surface area contributed by atoms with Crippen LogP contribution in [0.3, 0.4) is 0 Å². The summed E-state index contributed by atoms with van der Waals surface area (Å²) in [6.07, 6.45) is 2.35. The number of hydrogen-bond donors (Lipinski definition) is 2. The third kappa shape index (κ3) is 5.95. The van der Waals surface area contributed by atoms with E-state index in [2.05, 4.69) is 10.3 Å². The van der Waals surface area contributed by atoms with Crippen LogP contribution in [0, 0.1) is 0 Å². The van der Waals surface area contributed by atoms with Gasteiger partial charge in [0.2, 0.25) is 5.91 Å². The van der Waals surface area contributed by atoms with Gasteiger partial charge < -0.3 is 9.84 Å². The first-order valence-electron chi connectivity index (χ1n) is 8.37. The minimum Gasteiger partial charge on any atom is -0.493 e. The molecule has 0 radical (unpaired) electrons. The van der Waals surface area contributed by atoms with Gasteiger partial charge in [-0.15, -0.1) is 12.4 Å². The van der Waals surface area contributed by atoms with Crippen molar-refractivity contribution in [1.82, 2.24) is 10.3 Å². The zero-order valence-corrected chi connectivity index (χ0v) is 16.4. The van der Waals surface area contributed by atoms with Gasteiger partial charge in [-0.3, -0.25) is 19.9 Å². The van der Waals surface area contributed by atoms with Crippen molar-refractivity contribution in [2.24, 2.45) is 0 Å². The van der Waals surface area contributed by atoms with E-state index in [1.165, 1.54) is 0 Å². The number of rotatable bonds is 7. The molecule has 2 heterocycles. The Morgan fingerprint density at radius 1 is 1.22 bits per heavy atom. The number of hydrogen-bond acceptors (Lipinski definition) is 6. The van der Waals surface area contributed by atoms with E-state index in [0.717, 1.165) is 34.3 Å². The third-order valence-corrected chi connectivity index (χ3v) is 5.05. The predicted octanol–water partition coefficient (Wildman–Crippen LogP) is 3.07. The van der Waals surface area contributed by atoms with E-state index in [1.54, 1.807) is 13.1 Å². The van der Waals surface area contributed by atoms with Crippen LogP contribution in [0.25, 0.3) is 0 Å². The van der Waals surface area contributed by atoms with E-state index in [9.17, 15) is 14.7 Å². The van der Waals surface area contributed by atoms with Crippen LogP contribution in [0.15, 0.2) is 42.6 Å². The standard InChI is InChI=1S/C19H20N2O4S.ClH/c1-12(22)14-4-5-15(20-11-14)8-9-25-16-6-2-13(3-7-16)10-17-18(23)21-19(24)26-17;/h2-7,11-12,17,22H,8-10H2,1H3,(H,21,23,24);1H. The second kappa shape index (κ2) is 9.73. The highest BCUT2D eigenvalue weighted by Crippen LogP contribution is 2.24. The van der Waals surface area contributed by atoms with E-state index in [1.807, 2.05) is 36.4 Å². The smallest absolute Gasteiger partial charge is 0.286 e. The fraction of sp³-hybridized carbons (Fsp3) is 0.316. The molecule has 1 aliphatic rings. The van der Waals surface area contributed by atoms with E-state index < -0.39 is 6.10 Å². The second-order valence-corrected chi connectivity index (χ2v) is 7.26. The summed E-state index contributed by atoms with van der Waals surface area (Å²) in [7, 11) is 0. The lowest BCUT2D eigenvalue weighted by Gasteiger charge is -2.09. The number of pyridine rings is 1. The van der Waals surface area contributed by atoms with E-state index in [4.69, 9.17) is 4.74 Å². The van der Waals surface area contributed by atoms with Gasteiger partial charge >= 0.3 is 0 Å². The van der Waals surface area contributed by atoms with Crippen molar-refractivity contribution < 1.29 is 19.4 Å². The molecule has 8 heteroatoms. The number of carbonyl (C=O) groups is 2. The summed E-state index contributed by atoms with van der Waals surface area (Å²) >= 11 is 1.03. The highest BCUT2D eigenvalue weighted by atomic mass is 35.5. The predicted molar refractivity (Wildman–Crippen MR) is 106 cm³/mol. The lowest BCUT2D eigenvalue weighted by molar-refractivity contribution is -0.118. The third-order valence-electron chi connectivity index (χ3n) is 4.07. The number of aromatic nitrogens is 1. The molecule has 1 aliphatic heterocycles. The number of nitrogens with one attached hydrogen (secondary N) is 1. The van der Waals surface area contributed by atoms with Crippen molar-refractivity contribution >= 4 is 35.3 Å². The fourth-order valence-electron chi connectivity index (χ4n) is 2.57. The molecule has 2 N–H and O–H groups in total.